The fraction of sp³-hybridized carbons (Fsp3) is 0.263. The number of hydrogen-bond acceptors (Lipinski definition) is 6. The lowest BCUT2D eigenvalue weighted by Crippen LogP contribution is -2.23. The van der Waals surface area contributed by atoms with Crippen LogP contribution in [-0.2, 0) is 9.63 Å². The number of aryl methyl sites for hydroxylation is 1. The third-order valence-electron chi connectivity index (χ3n) is 3.14. The number of halogens is 2. The van der Waals surface area contributed by atoms with Crippen LogP contribution in [-0.4, -0.2) is 36.8 Å². The smallest absolute Gasteiger partial charge is 0.318 e. The summed E-state index contributed by atoms with van der Waals surface area (Å²) >= 11 is 0.934. The molecule has 0 aromatic heterocycles. The molecule has 2 rings (SSSR count). The molecule has 0 unspecified atom stereocenters. The molecule has 30 heavy (non-hydrogen) atoms. The highest BCUT2D eigenvalue weighted by atomic mass is 32.2. The Morgan fingerprint density at radius 2 is 1.83 bits per heavy atom. The van der Waals surface area contributed by atoms with Gasteiger partial charge in [0.05, 0.1) is 6.61 Å². The van der Waals surface area contributed by atoms with Crippen LogP contribution in [0, 0.1) is 18.6 Å². The Labute approximate surface area is 177 Å². The van der Waals surface area contributed by atoms with Crippen molar-refractivity contribution in [1.29, 1.82) is 0 Å². The average molecular weight is 442 g/mol. The maximum absolute atomic E-state index is 12.6. The topological polar surface area (TPSA) is 132 Å². The highest BCUT2D eigenvalue weighted by Gasteiger charge is 2.03. The molecule has 2 aromatic rings. The molecule has 11 heteroatoms. The van der Waals surface area contributed by atoms with Gasteiger partial charge in [0.15, 0.2) is 11.6 Å². The Balaban J connectivity index is 0.000000303. The number of hydrogen-bond donors (Lipinski definition) is 4. The van der Waals surface area contributed by atoms with Crippen LogP contribution in [0.2, 0.25) is 0 Å². The number of rotatable bonds is 10. The number of benzene rings is 2. The van der Waals surface area contributed by atoms with E-state index in [1.54, 1.807) is 0 Å². The van der Waals surface area contributed by atoms with Crippen molar-refractivity contribution in [3.8, 4) is 5.75 Å². The molecule has 0 saturated carbocycles. The fourth-order valence-electron chi connectivity index (χ4n) is 1.79. The van der Waals surface area contributed by atoms with Crippen LogP contribution in [0.5, 0.6) is 5.75 Å². The molecule has 0 fully saturated rings. The molecule has 0 bridgehead atoms. The van der Waals surface area contributed by atoms with E-state index in [4.69, 9.17) is 26.1 Å². The summed E-state index contributed by atoms with van der Waals surface area (Å²) in [6, 6.07) is 11.2. The van der Waals surface area contributed by atoms with Crippen molar-refractivity contribution < 1.29 is 28.3 Å². The van der Waals surface area contributed by atoms with Gasteiger partial charge in [-0.05, 0) is 54.4 Å². The van der Waals surface area contributed by atoms with Gasteiger partial charge in [-0.2, -0.15) is 0 Å². The Bertz CT molecular complexity index is 819. The van der Waals surface area contributed by atoms with E-state index >= 15 is 0 Å². The Hall–Kier alpha value is -3.05. The standard InChI is InChI=1S/C11H17N3O2.C8H7F2NO2S/c1-9-3-5-10(6-4-9)15-7-2-8-16-14-11(12)13;9-6-2-1-5(3-7(6)10)14-11-4-8(12)13/h3-6H,2,7-8H2,1H3,(H4,12,13,14);1-3,11H,4H2,(H,12,13). The van der Waals surface area contributed by atoms with Crippen molar-refractivity contribution in [2.45, 2.75) is 18.2 Å². The zero-order chi connectivity index (χ0) is 22.4. The monoisotopic (exact) mass is 442 g/mol. The van der Waals surface area contributed by atoms with Gasteiger partial charge in [0.25, 0.3) is 0 Å². The van der Waals surface area contributed by atoms with Gasteiger partial charge in [-0.15, -0.1) is 0 Å². The van der Waals surface area contributed by atoms with Gasteiger partial charge in [0.1, 0.15) is 18.9 Å². The van der Waals surface area contributed by atoms with Gasteiger partial charge >= 0.3 is 5.97 Å². The van der Waals surface area contributed by atoms with E-state index in [2.05, 4.69) is 9.88 Å². The normalized spacial score (nSPS) is 9.83. The number of nitrogens with two attached hydrogens (primary N) is 2. The van der Waals surface area contributed by atoms with Crippen molar-refractivity contribution in [2.24, 2.45) is 16.6 Å². The number of nitrogens with zero attached hydrogens (tertiary/aromatic N) is 1. The number of carboxylic acid groups (broad SMARTS) is 1. The minimum absolute atomic E-state index is 0.0700. The summed E-state index contributed by atoms with van der Waals surface area (Å²) in [7, 11) is 0. The summed E-state index contributed by atoms with van der Waals surface area (Å²) in [6.07, 6.45) is 0.727. The number of carboxylic acids is 1. The third-order valence-corrected chi connectivity index (χ3v) is 3.92. The van der Waals surface area contributed by atoms with E-state index in [0.717, 1.165) is 36.3 Å². The number of guanidine groups is 1. The lowest BCUT2D eigenvalue weighted by molar-refractivity contribution is -0.135. The SMILES string of the molecule is Cc1ccc(OCCCON=C(N)N)cc1.O=C(O)CNSc1ccc(F)c(F)c1. The second-order valence-corrected chi connectivity index (χ2v) is 6.72. The predicted octanol–water partition coefficient (Wildman–Crippen LogP) is 2.62. The van der Waals surface area contributed by atoms with Crippen LogP contribution < -0.4 is 20.9 Å². The molecule has 0 heterocycles. The molecule has 0 atom stereocenters. The van der Waals surface area contributed by atoms with E-state index in [1.165, 1.54) is 11.6 Å². The molecule has 8 nitrogen and oxygen atoms in total. The molecule has 2 aromatic carbocycles. The van der Waals surface area contributed by atoms with Gasteiger partial charge in [0.2, 0.25) is 5.96 Å². The number of nitrogens with one attached hydrogen (secondary N) is 1. The Morgan fingerprint density at radius 3 is 2.43 bits per heavy atom. The first kappa shape index (κ1) is 25.0. The largest absolute Gasteiger partial charge is 0.493 e. The number of aliphatic carboxylic acids is 1. The quantitative estimate of drug-likeness (QED) is 0.145. The van der Waals surface area contributed by atoms with E-state index in [1.807, 2.05) is 31.2 Å². The first-order valence-electron chi connectivity index (χ1n) is 8.75. The molecule has 0 aliphatic carbocycles. The van der Waals surface area contributed by atoms with E-state index in [9.17, 15) is 13.6 Å². The summed E-state index contributed by atoms with van der Waals surface area (Å²) in [6.45, 7) is 2.79. The molecule has 0 radical (unpaired) electrons. The maximum atomic E-state index is 12.6. The summed E-state index contributed by atoms with van der Waals surface area (Å²) in [5.41, 5.74) is 11.4. The molecule has 0 amide bonds. The van der Waals surface area contributed by atoms with Gasteiger partial charge < -0.3 is 26.1 Å². The maximum Gasteiger partial charge on any atom is 0.318 e. The highest BCUT2D eigenvalue weighted by molar-refractivity contribution is 7.97. The van der Waals surface area contributed by atoms with E-state index in [-0.39, 0.29) is 12.5 Å². The molecular formula is C19H24F2N4O4S. The van der Waals surface area contributed by atoms with Crippen LogP contribution >= 0.6 is 11.9 Å². The zero-order valence-electron chi connectivity index (χ0n) is 16.3. The zero-order valence-corrected chi connectivity index (χ0v) is 17.1. The van der Waals surface area contributed by atoms with Gasteiger partial charge in [0, 0.05) is 11.3 Å². The van der Waals surface area contributed by atoms with Crippen LogP contribution in [0.1, 0.15) is 12.0 Å². The highest BCUT2D eigenvalue weighted by Crippen LogP contribution is 2.17. The molecular weight excluding hydrogens is 418 g/mol. The minimum atomic E-state index is -1.01. The van der Waals surface area contributed by atoms with Crippen molar-refractivity contribution in [2.75, 3.05) is 19.8 Å². The lowest BCUT2D eigenvalue weighted by atomic mass is 10.2. The predicted molar refractivity (Wildman–Crippen MR) is 111 cm³/mol. The van der Waals surface area contributed by atoms with Crippen molar-refractivity contribution in [1.82, 2.24) is 4.72 Å². The Morgan fingerprint density at radius 1 is 1.13 bits per heavy atom. The minimum Gasteiger partial charge on any atom is -0.493 e. The Kier molecular flexibility index (Phi) is 11.7. The van der Waals surface area contributed by atoms with Gasteiger partial charge in [-0.25, -0.2) is 13.5 Å². The van der Waals surface area contributed by atoms with Crippen LogP contribution in [0.4, 0.5) is 8.78 Å². The van der Waals surface area contributed by atoms with Gasteiger partial charge in [-0.3, -0.25) is 4.79 Å². The summed E-state index contributed by atoms with van der Waals surface area (Å²) in [5.74, 6) is -2.10. The summed E-state index contributed by atoms with van der Waals surface area (Å²) < 4.78 is 33.0. The summed E-state index contributed by atoms with van der Waals surface area (Å²) in [4.78, 5) is 15.3. The summed E-state index contributed by atoms with van der Waals surface area (Å²) in [5, 5.41) is 11.7. The molecule has 0 aliphatic heterocycles. The molecule has 6 N–H and O–H groups in total. The number of oxime groups is 1. The first-order chi connectivity index (χ1) is 14.3. The number of carbonyl (C=O) groups is 1. The average Bonchev–Trinajstić information content (AvgIpc) is 2.69. The van der Waals surface area contributed by atoms with E-state index < -0.39 is 17.6 Å². The van der Waals surface area contributed by atoms with Crippen molar-refractivity contribution >= 4 is 23.9 Å². The molecule has 164 valence electrons. The fourth-order valence-corrected chi connectivity index (χ4v) is 2.45. The van der Waals surface area contributed by atoms with Crippen LogP contribution in [0.25, 0.3) is 0 Å². The molecule has 0 aliphatic rings. The number of ether oxygens (including phenoxy) is 1. The molecule has 0 spiro atoms. The van der Waals surface area contributed by atoms with Crippen LogP contribution in [0.15, 0.2) is 52.5 Å². The lowest BCUT2D eigenvalue weighted by Gasteiger charge is -2.05. The van der Waals surface area contributed by atoms with Crippen LogP contribution in [0.3, 0.4) is 0 Å². The first-order valence-corrected chi connectivity index (χ1v) is 9.56. The van der Waals surface area contributed by atoms with Crippen molar-refractivity contribution in [3.05, 3.63) is 59.7 Å². The van der Waals surface area contributed by atoms with Gasteiger partial charge in [-0.1, -0.05) is 17.7 Å². The second kappa shape index (κ2) is 14.0. The van der Waals surface area contributed by atoms with Crippen molar-refractivity contribution in [3.63, 3.8) is 0 Å². The van der Waals surface area contributed by atoms with E-state index in [0.29, 0.717) is 18.1 Å². The second-order valence-electron chi connectivity index (χ2n) is 5.76. The molecule has 0 saturated heterocycles. The third kappa shape index (κ3) is 11.7.